The number of rotatable bonds is 6. The summed E-state index contributed by atoms with van der Waals surface area (Å²) in [4.78, 5) is 33.6. The van der Waals surface area contributed by atoms with Crippen LogP contribution in [0.2, 0.25) is 0 Å². The van der Waals surface area contributed by atoms with Crippen molar-refractivity contribution >= 4 is 18.2 Å². The van der Waals surface area contributed by atoms with Crippen molar-refractivity contribution in [3.8, 4) is 0 Å². The Morgan fingerprint density at radius 2 is 1.94 bits per heavy atom. The molecule has 5 heteroatoms. The highest BCUT2D eigenvalue weighted by molar-refractivity contribution is 5.97. The van der Waals surface area contributed by atoms with Crippen LogP contribution in [-0.4, -0.2) is 24.8 Å². The summed E-state index contributed by atoms with van der Waals surface area (Å²) in [7, 11) is 0. The maximum atomic E-state index is 11.5. The Hall–Kier alpha value is -2.01. The van der Waals surface area contributed by atoms with Crippen LogP contribution in [0.15, 0.2) is 30.3 Å². The van der Waals surface area contributed by atoms with E-state index < -0.39 is 17.9 Å². The number of carbonyl (C=O) groups is 3. The topological polar surface area (TPSA) is 86.5 Å². The number of ether oxygens (including phenoxy) is 1. The van der Waals surface area contributed by atoms with E-state index in [1.54, 1.807) is 30.3 Å². The van der Waals surface area contributed by atoms with E-state index in [0.717, 1.165) is 0 Å². The molecule has 96 valence electrons. The molecule has 0 amide bonds. The van der Waals surface area contributed by atoms with Gasteiger partial charge in [-0.1, -0.05) is 18.2 Å². The van der Waals surface area contributed by atoms with Crippen LogP contribution in [0.3, 0.4) is 0 Å². The highest BCUT2D eigenvalue weighted by Crippen LogP contribution is 2.08. The van der Waals surface area contributed by atoms with Gasteiger partial charge in [0.1, 0.15) is 6.29 Å². The third-order valence-corrected chi connectivity index (χ3v) is 2.37. The molecule has 0 heterocycles. The zero-order chi connectivity index (χ0) is 13.4. The van der Waals surface area contributed by atoms with Crippen LogP contribution in [-0.2, 0) is 14.3 Å². The molecular formula is C13H15NO4. The van der Waals surface area contributed by atoms with Crippen molar-refractivity contribution in [1.82, 2.24) is 0 Å². The number of hydrogen-bond donors (Lipinski definition) is 1. The molecule has 0 saturated heterocycles. The van der Waals surface area contributed by atoms with Crippen LogP contribution in [0.1, 0.15) is 23.2 Å². The van der Waals surface area contributed by atoms with Gasteiger partial charge in [0.2, 0.25) is 0 Å². The smallest absolute Gasteiger partial charge is 0.345 e. The Balaban J connectivity index is 2.50. The maximum Gasteiger partial charge on any atom is 0.345 e. The summed E-state index contributed by atoms with van der Waals surface area (Å²) in [6, 6.07) is 8.19. The first-order valence-corrected chi connectivity index (χ1v) is 5.62. The van der Waals surface area contributed by atoms with Gasteiger partial charge in [-0.3, -0.25) is 4.79 Å². The Morgan fingerprint density at radius 3 is 2.50 bits per heavy atom. The largest absolute Gasteiger partial charge is 0.389 e. The number of aldehydes is 1. The number of benzene rings is 1. The van der Waals surface area contributed by atoms with Crippen molar-refractivity contribution in [1.29, 1.82) is 0 Å². The van der Waals surface area contributed by atoms with Crippen molar-refractivity contribution < 1.29 is 19.1 Å². The molecule has 0 aliphatic heterocycles. The van der Waals surface area contributed by atoms with Gasteiger partial charge in [0, 0.05) is 5.92 Å². The molecule has 5 nitrogen and oxygen atoms in total. The molecule has 1 atom stereocenters. The fourth-order valence-corrected chi connectivity index (χ4v) is 1.42. The zero-order valence-electron chi connectivity index (χ0n) is 9.87. The van der Waals surface area contributed by atoms with E-state index >= 15 is 0 Å². The number of nitrogens with two attached hydrogens (primary N) is 1. The Morgan fingerprint density at radius 1 is 1.28 bits per heavy atom. The normalized spacial score (nSPS) is 11.6. The molecule has 0 bridgehead atoms. The first kappa shape index (κ1) is 14.1. The quantitative estimate of drug-likeness (QED) is 0.460. The van der Waals surface area contributed by atoms with Crippen LogP contribution in [0, 0.1) is 5.92 Å². The van der Waals surface area contributed by atoms with Crippen molar-refractivity contribution in [3.05, 3.63) is 35.9 Å². The van der Waals surface area contributed by atoms with Gasteiger partial charge >= 0.3 is 11.9 Å². The molecule has 18 heavy (non-hydrogen) atoms. The van der Waals surface area contributed by atoms with Crippen molar-refractivity contribution in [2.24, 2.45) is 11.7 Å². The highest BCUT2D eigenvalue weighted by Gasteiger charge is 2.17. The maximum absolute atomic E-state index is 11.5. The molecule has 0 saturated carbocycles. The van der Waals surface area contributed by atoms with Crippen molar-refractivity contribution in [2.45, 2.75) is 12.8 Å². The lowest BCUT2D eigenvalue weighted by molar-refractivity contribution is -0.140. The standard InChI is InChI=1S/C13H15NO4/c14-7-6-10(9-15)8-12(16)18-13(17)11-4-2-1-3-5-11/h1-5,9-10H,6-8,14H2. The summed E-state index contributed by atoms with van der Waals surface area (Å²) in [6.07, 6.45) is 0.929. The summed E-state index contributed by atoms with van der Waals surface area (Å²) in [5, 5.41) is 0. The Kier molecular flexibility index (Phi) is 5.73. The van der Waals surface area contributed by atoms with Crippen molar-refractivity contribution in [2.75, 3.05) is 6.54 Å². The lowest BCUT2D eigenvalue weighted by Crippen LogP contribution is -2.19. The van der Waals surface area contributed by atoms with Crippen LogP contribution < -0.4 is 5.73 Å². The van der Waals surface area contributed by atoms with E-state index in [9.17, 15) is 14.4 Å². The minimum absolute atomic E-state index is 0.126. The van der Waals surface area contributed by atoms with Gasteiger partial charge in [-0.2, -0.15) is 0 Å². The molecule has 1 aromatic rings. The second-order valence-corrected chi connectivity index (χ2v) is 3.81. The molecule has 0 aliphatic rings. The summed E-state index contributed by atoms with van der Waals surface area (Å²) >= 11 is 0. The zero-order valence-corrected chi connectivity index (χ0v) is 9.87. The summed E-state index contributed by atoms with van der Waals surface area (Å²) in [5.74, 6) is -1.92. The van der Waals surface area contributed by atoms with E-state index in [0.29, 0.717) is 24.8 Å². The fourth-order valence-electron chi connectivity index (χ4n) is 1.42. The number of hydrogen-bond acceptors (Lipinski definition) is 5. The minimum atomic E-state index is -0.714. The third kappa shape index (κ3) is 4.47. The van der Waals surface area contributed by atoms with Gasteiger partial charge in [0.05, 0.1) is 12.0 Å². The molecule has 0 spiro atoms. The molecule has 0 radical (unpaired) electrons. The molecule has 0 aliphatic carbocycles. The predicted molar refractivity (Wildman–Crippen MR) is 64.7 cm³/mol. The molecule has 0 fully saturated rings. The predicted octanol–water partition coefficient (Wildman–Crippen LogP) is 0.924. The van der Waals surface area contributed by atoms with E-state index in [1.807, 2.05) is 0 Å². The van der Waals surface area contributed by atoms with E-state index in [2.05, 4.69) is 4.74 Å². The van der Waals surface area contributed by atoms with Gasteiger partial charge in [-0.05, 0) is 25.1 Å². The van der Waals surface area contributed by atoms with Crippen LogP contribution in [0.4, 0.5) is 0 Å². The first-order valence-electron chi connectivity index (χ1n) is 5.62. The Labute approximate surface area is 105 Å². The van der Waals surface area contributed by atoms with E-state index in [1.165, 1.54) is 0 Å². The van der Waals surface area contributed by atoms with Gasteiger partial charge < -0.3 is 15.3 Å². The molecular weight excluding hydrogens is 234 g/mol. The van der Waals surface area contributed by atoms with Crippen molar-refractivity contribution in [3.63, 3.8) is 0 Å². The number of carbonyl (C=O) groups excluding carboxylic acids is 3. The van der Waals surface area contributed by atoms with Gasteiger partial charge in [0.15, 0.2) is 0 Å². The monoisotopic (exact) mass is 249 g/mol. The van der Waals surface area contributed by atoms with Crippen LogP contribution in [0.25, 0.3) is 0 Å². The van der Waals surface area contributed by atoms with Gasteiger partial charge in [-0.15, -0.1) is 0 Å². The SMILES string of the molecule is NCCC(C=O)CC(=O)OC(=O)c1ccccc1. The van der Waals surface area contributed by atoms with E-state index in [4.69, 9.17) is 5.73 Å². The van der Waals surface area contributed by atoms with Crippen LogP contribution in [0.5, 0.6) is 0 Å². The molecule has 1 unspecified atom stereocenters. The van der Waals surface area contributed by atoms with E-state index in [-0.39, 0.29) is 6.42 Å². The molecule has 2 N–H and O–H groups in total. The summed E-state index contributed by atoms with van der Waals surface area (Å²) in [5.41, 5.74) is 5.59. The second kappa shape index (κ2) is 7.34. The summed E-state index contributed by atoms with van der Waals surface area (Å²) < 4.78 is 4.64. The molecule has 0 aromatic heterocycles. The highest BCUT2D eigenvalue weighted by atomic mass is 16.6. The average molecular weight is 249 g/mol. The van der Waals surface area contributed by atoms with Gasteiger partial charge in [-0.25, -0.2) is 4.79 Å². The lowest BCUT2D eigenvalue weighted by Gasteiger charge is -2.07. The number of esters is 2. The summed E-state index contributed by atoms with van der Waals surface area (Å²) in [6.45, 7) is 0.309. The Bertz CT molecular complexity index is 416. The van der Waals surface area contributed by atoms with Crippen LogP contribution >= 0.6 is 0 Å². The molecule has 1 rings (SSSR count). The molecule has 1 aromatic carbocycles. The second-order valence-electron chi connectivity index (χ2n) is 3.81. The third-order valence-electron chi connectivity index (χ3n) is 2.37. The first-order chi connectivity index (χ1) is 8.67. The average Bonchev–Trinajstić information content (AvgIpc) is 2.39. The van der Waals surface area contributed by atoms with Gasteiger partial charge in [0.25, 0.3) is 0 Å². The fraction of sp³-hybridized carbons (Fsp3) is 0.308. The minimum Gasteiger partial charge on any atom is -0.389 e. The lowest BCUT2D eigenvalue weighted by atomic mass is 10.0.